The van der Waals surface area contributed by atoms with Crippen LogP contribution in [0.4, 0.5) is 5.13 Å². The number of hydrogen-bond acceptors (Lipinski definition) is 5. The van der Waals surface area contributed by atoms with Gasteiger partial charge < -0.3 is 5.32 Å². The van der Waals surface area contributed by atoms with Crippen molar-refractivity contribution in [1.82, 2.24) is 14.8 Å². The molecule has 0 aliphatic carbocycles. The largest absolute Gasteiger partial charge is 0.355 e. The Morgan fingerprint density at radius 3 is 2.32 bits per heavy atom. The molecule has 0 spiro atoms. The molecule has 0 fully saturated rings. The first-order valence-electron chi connectivity index (χ1n) is 5.95. The van der Waals surface area contributed by atoms with Gasteiger partial charge in [0.25, 0.3) is 0 Å². The number of aromatic nitrogens is 3. The molecule has 0 bridgehead atoms. The van der Waals surface area contributed by atoms with Crippen molar-refractivity contribution >= 4 is 16.7 Å². The molecule has 0 unspecified atom stereocenters. The van der Waals surface area contributed by atoms with E-state index in [1.807, 2.05) is 18.2 Å². The van der Waals surface area contributed by atoms with Gasteiger partial charge in [-0.3, -0.25) is 0 Å². The molecule has 4 nitrogen and oxygen atoms in total. The standard InChI is InChI=1S/C14H12N4S/c1-2-4-12(5-3-1)13-8-6-11(7-9-13)10-15-14-16-17-18-19-14/h1-9H,10H2,(H,15,16,18). The third kappa shape index (κ3) is 2.95. The Labute approximate surface area is 115 Å². The van der Waals surface area contributed by atoms with Gasteiger partial charge in [0.1, 0.15) is 0 Å². The van der Waals surface area contributed by atoms with E-state index in [1.54, 1.807) is 0 Å². The van der Waals surface area contributed by atoms with Crippen LogP contribution >= 0.6 is 11.5 Å². The number of hydrogen-bond donors (Lipinski definition) is 1. The monoisotopic (exact) mass is 268 g/mol. The van der Waals surface area contributed by atoms with E-state index in [0.29, 0.717) is 0 Å². The molecule has 0 aliphatic heterocycles. The van der Waals surface area contributed by atoms with Crippen molar-refractivity contribution < 1.29 is 0 Å². The summed E-state index contributed by atoms with van der Waals surface area (Å²) in [5.74, 6) is 0. The van der Waals surface area contributed by atoms with Crippen LogP contribution in [-0.2, 0) is 6.54 Å². The smallest absolute Gasteiger partial charge is 0.225 e. The van der Waals surface area contributed by atoms with Crippen LogP contribution in [0.1, 0.15) is 5.56 Å². The van der Waals surface area contributed by atoms with Crippen LogP contribution in [0.15, 0.2) is 54.6 Å². The second-order valence-corrected chi connectivity index (χ2v) is 4.82. The highest BCUT2D eigenvalue weighted by Gasteiger charge is 1.99. The van der Waals surface area contributed by atoms with E-state index in [4.69, 9.17) is 0 Å². The minimum Gasteiger partial charge on any atom is -0.355 e. The van der Waals surface area contributed by atoms with Crippen molar-refractivity contribution in [3.8, 4) is 11.1 Å². The Balaban J connectivity index is 1.69. The van der Waals surface area contributed by atoms with Gasteiger partial charge in [-0.25, -0.2) is 0 Å². The van der Waals surface area contributed by atoms with Gasteiger partial charge in [0, 0.05) is 18.1 Å². The molecule has 0 amide bonds. The van der Waals surface area contributed by atoms with E-state index in [-0.39, 0.29) is 0 Å². The third-order valence-corrected chi connectivity index (χ3v) is 3.36. The first-order valence-corrected chi connectivity index (χ1v) is 6.72. The van der Waals surface area contributed by atoms with Crippen LogP contribution in [0.25, 0.3) is 11.1 Å². The maximum absolute atomic E-state index is 3.84. The van der Waals surface area contributed by atoms with Gasteiger partial charge in [-0.05, 0) is 21.9 Å². The SMILES string of the molecule is c1ccc(-c2ccc(CNc3nnns3)cc2)cc1. The summed E-state index contributed by atoms with van der Waals surface area (Å²) < 4.78 is 3.71. The minimum absolute atomic E-state index is 0.728. The Kier molecular flexibility index (Phi) is 3.47. The van der Waals surface area contributed by atoms with E-state index in [0.717, 1.165) is 11.7 Å². The lowest BCUT2D eigenvalue weighted by atomic mass is 10.0. The van der Waals surface area contributed by atoms with Gasteiger partial charge >= 0.3 is 0 Å². The summed E-state index contributed by atoms with van der Waals surface area (Å²) >= 11 is 1.26. The van der Waals surface area contributed by atoms with Crippen LogP contribution < -0.4 is 5.32 Å². The molecular weight excluding hydrogens is 256 g/mol. The predicted molar refractivity (Wildman–Crippen MR) is 76.9 cm³/mol. The number of anilines is 1. The summed E-state index contributed by atoms with van der Waals surface area (Å²) in [6, 6.07) is 18.8. The van der Waals surface area contributed by atoms with Gasteiger partial charge in [-0.15, -0.1) is 0 Å². The molecule has 0 radical (unpaired) electrons. The number of nitrogens with zero attached hydrogens (tertiary/aromatic N) is 3. The third-order valence-electron chi connectivity index (χ3n) is 2.80. The highest BCUT2D eigenvalue weighted by atomic mass is 32.1. The second kappa shape index (κ2) is 5.58. The lowest BCUT2D eigenvalue weighted by Gasteiger charge is -2.05. The normalized spacial score (nSPS) is 10.3. The zero-order chi connectivity index (χ0) is 12.9. The van der Waals surface area contributed by atoms with E-state index >= 15 is 0 Å². The molecular formula is C14H12N4S. The molecule has 3 aromatic rings. The van der Waals surface area contributed by atoms with Crippen molar-refractivity contribution in [1.29, 1.82) is 0 Å². The van der Waals surface area contributed by atoms with Crippen molar-refractivity contribution in [2.24, 2.45) is 0 Å². The first-order chi connectivity index (χ1) is 9.42. The fourth-order valence-electron chi connectivity index (χ4n) is 1.83. The zero-order valence-corrected chi connectivity index (χ0v) is 11.0. The average Bonchev–Trinajstić information content (AvgIpc) is 3.00. The van der Waals surface area contributed by atoms with Gasteiger partial charge in [0.2, 0.25) is 5.13 Å². The summed E-state index contributed by atoms with van der Waals surface area (Å²) in [4.78, 5) is 0. The second-order valence-electron chi connectivity index (χ2n) is 4.08. The van der Waals surface area contributed by atoms with Gasteiger partial charge in [0.05, 0.1) is 0 Å². The molecule has 0 aliphatic rings. The van der Waals surface area contributed by atoms with Crippen molar-refractivity contribution in [3.63, 3.8) is 0 Å². The summed E-state index contributed by atoms with van der Waals surface area (Å²) in [5, 5.41) is 11.3. The fraction of sp³-hybridized carbons (Fsp3) is 0.0714. The molecule has 2 aromatic carbocycles. The van der Waals surface area contributed by atoms with Crippen molar-refractivity contribution in [2.75, 3.05) is 5.32 Å². The number of nitrogens with one attached hydrogen (secondary N) is 1. The van der Waals surface area contributed by atoms with Gasteiger partial charge in [0.15, 0.2) is 0 Å². The van der Waals surface area contributed by atoms with Crippen LogP contribution in [0.5, 0.6) is 0 Å². The van der Waals surface area contributed by atoms with Crippen LogP contribution in [0.3, 0.4) is 0 Å². The maximum Gasteiger partial charge on any atom is 0.225 e. The lowest BCUT2D eigenvalue weighted by molar-refractivity contribution is 0.951. The molecule has 0 saturated heterocycles. The van der Waals surface area contributed by atoms with Crippen molar-refractivity contribution in [3.05, 3.63) is 60.2 Å². The summed E-state index contributed by atoms with van der Waals surface area (Å²) in [5.41, 5.74) is 3.66. The molecule has 1 aromatic heterocycles. The Morgan fingerprint density at radius 1 is 0.895 bits per heavy atom. The molecule has 19 heavy (non-hydrogen) atoms. The lowest BCUT2D eigenvalue weighted by Crippen LogP contribution is -1.98. The van der Waals surface area contributed by atoms with Crippen LogP contribution in [0, 0.1) is 0 Å². The molecule has 5 heteroatoms. The molecule has 1 N–H and O–H groups in total. The highest BCUT2D eigenvalue weighted by molar-refractivity contribution is 7.09. The highest BCUT2D eigenvalue weighted by Crippen LogP contribution is 2.19. The first kappa shape index (κ1) is 11.8. The quantitative estimate of drug-likeness (QED) is 0.789. The summed E-state index contributed by atoms with van der Waals surface area (Å²) in [7, 11) is 0. The molecule has 3 rings (SSSR count). The topological polar surface area (TPSA) is 50.7 Å². The number of rotatable bonds is 4. The minimum atomic E-state index is 0.728. The van der Waals surface area contributed by atoms with E-state index in [1.165, 1.54) is 28.2 Å². The van der Waals surface area contributed by atoms with Gasteiger partial charge in [-0.2, -0.15) is 0 Å². The summed E-state index contributed by atoms with van der Waals surface area (Å²) in [6.45, 7) is 0.728. The van der Waals surface area contributed by atoms with E-state index < -0.39 is 0 Å². The Morgan fingerprint density at radius 2 is 1.63 bits per heavy atom. The molecule has 0 atom stereocenters. The molecule has 0 saturated carbocycles. The van der Waals surface area contributed by atoms with E-state index in [9.17, 15) is 0 Å². The molecule has 94 valence electrons. The van der Waals surface area contributed by atoms with Crippen LogP contribution in [-0.4, -0.2) is 14.8 Å². The maximum atomic E-state index is 3.84. The Hall–Kier alpha value is -2.27. The Bertz CT molecular complexity index is 620. The molecule has 1 heterocycles. The van der Waals surface area contributed by atoms with Gasteiger partial charge in [-0.1, -0.05) is 64.2 Å². The van der Waals surface area contributed by atoms with Crippen LogP contribution in [0.2, 0.25) is 0 Å². The fourth-order valence-corrected chi connectivity index (χ4v) is 2.19. The summed E-state index contributed by atoms with van der Waals surface area (Å²) in [6.07, 6.45) is 0. The van der Waals surface area contributed by atoms with E-state index in [2.05, 4.69) is 56.5 Å². The zero-order valence-electron chi connectivity index (χ0n) is 10.2. The average molecular weight is 268 g/mol. The van der Waals surface area contributed by atoms with Crippen molar-refractivity contribution in [2.45, 2.75) is 6.54 Å². The number of benzene rings is 2. The predicted octanol–water partition coefficient (Wildman–Crippen LogP) is 3.21.